The molecule has 0 saturated carbocycles. The Morgan fingerprint density at radius 2 is 0.396 bits per heavy atom. The summed E-state index contributed by atoms with van der Waals surface area (Å²) in [4.78, 5) is 0. The van der Waals surface area contributed by atoms with Crippen LogP contribution >= 0.6 is 0 Å². The first-order valence-corrected chi connectivity index (χ1v) is 25.8. The zero-order valence-electron chi connectivity index (χ0n) is 38.6. The molecule has 320 valence electrons. The van der Waals surface area contributed by atoms with Crippen molar-refractivity contribution in [2.75, 3.05) is 6.54 Å². The average Bonchev–Trinajstić information content (AvgIpc) is 3.17. The van der Waals surface area contributed by atoms with Crippen molar-refractivity contribution in [3.8, 4) is 0 Å². The average molecular weight is 746 g/mol. The lowest BCUT2D eigenvalue weighted by Gasteiger charge is -2.53. The predicted octanol–water partition coefficient (Wildman–Crippen LogP) is 19.0. The summed E-state index contributed by atoms with van der Waals surface area (Å²) in [6.07, 6.45) is 60.2. The third-order valence-electron chi connectivity index (χ3n) is 13.9. The van der Waals surface area contributed by atoms with Crippen LogP contribution in [-0.4, -0.2) is 6.54 Å². The third-order valence-corrected chi connectivity index (χ3v) is 13.9. The van der Waals surface area contributed by atoms with E-state index in [1.54, 1.807) is 0 Å². The summed E-state index contributed by atoms with van der Waals surface area (Å²) in [5, 5.41) is 0. The number of hydrogen-bond acceptors (Lipinski definition) is 1. The first kappa shape index (κ1) is 53.0. The van der Waals surface area contributed by atoms with Crippen molar-refractivity contribution < 1.29 is 0 Å². The lowest BCUT2D eigenvalue weighted by molar-refractivity contribution is -0.0232. The van der Waals surface area contributed by atoms with Gasteiger partial charge in [0.25, 0.3) is 0 Å². The normalized spacial score (nSPS) is 12.5. The van der Waals surface area contributed by atoms with Gasteiger partial charge in [0.05, 0.1) is 0 Å². The zero-order chi connectivity index (χ0) is 39.0. The Morgan fingerprint density at radius 3 is 0.547 bits per heavy atom. The number of rotatable bonds is 45. The van der Waals surface area contributed by atoms with Gasteiger partial charge in [-0.25, -0.2) is 0 Å². The highest BCUT2D eigenvalue weighted by molar-refractivity contribution is 4.99. The summed E-state index contributed by atoms with van der Waals surface area (Å²) >= 11 is 0. The topological polar surface area (TPSA) is 26.0 Å². The van der Waals surface area contributed by atoms with Crippen LogP contribution in [-0.2, 0) is 0 Å². The minimum atomic E-state index is 0.446. The van der Waals surface area contributed by atoms with Crippen molar-refractivity contribution in [1.29, 1.82) is 0 Å². The third kappa shape index (κ3) is 28.1. The van der Waals surface area contributed by atoms with Gasteiger partial charge in [-0.3, -0.25) is 0 Å². The van der Waals surface area contributed by atoms with E-state index < -0.39 is 0 Å². The minimum Gasteiger partial charge on any atom is -0.330 e. The van der Waals surface area contributed by atoms with E-state index in [2.05, 4.69) is 41.5 Å². The highest BCUT2D eigenvalue weighted by Gasteiger charge is 2.48. The van der Waals surface area contributed by atoms with E-state index in [0.717, 1.165) is 6.54 Å². The van der Waals surface area contributed by atoms with Crippen LogP contribution in [0.25, 0.3) is 0 Å². The molecule has 0 saturated heterocycles. The first-order valence-electron chi connectivity index (χ1n) is 25.8. The van der Waals surface area contributed by atoms with E-state index in [0.29, 0.717) is 16.7 Å². The van der Waals surface area contributed by atoms with Gasteiger partial charge in [0.2, 0.25) is 0 Å². The molecule has 0 aliphatic heterocycles. The van der Waals surface area contributed by atoms with Gasteiger partial charge in [0.1, 0.15) is 0 Å². The Morgan fingerprint density at radius 1 is 0.245 bits per heavy atom. The molecule has 0 aromatic heterocycles. The molecule has 0 atom stereocenters. The molecule has 2 N–H and O–H groups in total. The van der Waals surface area contributed by atoms with Crippen LogP contribution in [0.3, 0.4) is 0 Å². The number of unbranched alkanes of at least 4 members (excludes halogenated alkanes) is 30. The summed E-state index contributed by atoms with van der Waals surface area (Å²) in [5.41, 5.74) is 8.26. The predicted molar refractivity (Wildman–Crippen MR) is 245 cm³/mol. The van der Waals surface area contributed by atoms with E-state index in [-0.39, 0.29) is 0 Å². The van der Waals surface area contributed by atoms with E-state index in [1.807, 2.05) is 0 Å². The van der Waals surface area contributed by atoms with E-state index in [9.17, 15) is 0 Å². The van der Waals surface area contributed by atoms with Crippen LogP contribution in [0, 0.1) is 16.7 Å². The van der Waals surface area contributed by atoms with Crippen LogP contribution in [0.5, 0.6) is 0 Å². The second kappa shape index (κ2) is 40.2. The van der Waals surface area contributed by atoms with Crippen molar-refractivity contribution >= 4 is 0 Å². The van der Waals surface area contributed by atoms with Crippen molar-refractivity contribution in [1.82, 2.24) is 0 Å². The molecular formula is C52H107N. The van der Waals surface area contributed by atoms with Crippen molar-refractivity contribution in [2.24, 2.45) is 22.5 Å². The molecule has 0 aromatic rings. The summed E-state index contributed by atoms with van der Waals surface area (Å²) in [6.45, 7) is 15.2. The molecule has 1 nitrogen and oxygen atoms in total. The van der Waals surface area contributed by atoms with Crippen molar-refractivity contribution in [2.45, 2.75) is 311 Å². The van der Waals surface area contributed by atoms with Crippen LogP contribution in [0.15, 0.2) is 0 Å². The minimum absolute atomic E-state index is 0.446. The SMILES string of the molecule is CCCCCCCCC(CCCCCCCC)(CCCCCCCC)C(CN)C(CCCCCCCC)(CCCCCCCC)CCCCCCCC. The number of hydrogen-bond donors (Lipinski definition) is 1. The maximum absolute atomic E-state index is 7.36. The Kier molecular flexibility index (Phi) is 40.1. The molecule has 0 amide bonds. The van der Waals surface area contributed by atoms with E-state index in [1.165, 1.54) is 270 Å². The van der Waals surface area contributed by atoms with Gasteiger partial charge in [0.15, 0.2) is 0 Å². The summed E-state index contributed by atoms with van der Waals surface area (Å²) in [6, 6.07) is 0. The van der Waals surface area contributed by atoms with Gasteiger partial charge in [-0.2, -0.15) is 0 Å². The molecule has 1 heteroatoms. The number of nitrogens with two attached hydrogens (primary N) is 1. The highest BCUT2D eigenvalue weighted by Crippen LogP contribution is 2.56. The van der Waals surface area contributed by atoms with Crippen molar-refractivity contribution in [3.05, 3.63) is 0 Å². The Labute approximate surface area is 339 Å². The van der Waals surface area contributed by atoms with Crippen molar-refractivity contribution in [3.63, 3.8) is 0 Å². The monoisotopic (exact) mass is 746 g/mol. The lowest BCUT2D eigenvalue weighted by Crippen LogP contribution is -2.47. The van der Waals surface area contributed by atoms with Gasteiger partial charge < -0.3 is 5.73 Å². The first-order chi connectivity index (χ1) is 26.1. The van der Waals surface area contributed by atoms with E-state index >= 15 is 0 Å². The fraction of sp³-hybridized carbons (Fsp3) is 1.00. The molecule has 53 heavy (non-hydrogen) atoms. The van der Waals surface area contributed by atoms with Gasteiger partial charge in [-0.05, 0) is 61.8 Å². The second-order valence-corrected chi connectivity index (χ2v) is 18.6. The van der Waals surface area contributed by atoms with Crippen LogP contribution < -0.4 is 5.73 Å². The summed E-state index contributed by atoms with van der Waals surface area (Å²) < 4.78 is 0. The molecule has 0 aromatic carbocycles. The Balaban J connectivity index is 6.75. The van der Waals surface area contributed by atoms with E-state index in [4.69, 9.17) is 5.73 Å². The molecule has 0 rings (SSSR count). The lowest BCUT2D eigenvalue weighted by atomic mass is 9.52. The molecule has 0 bridgehead atoms. The summed E-state index contributed by atoms with van der Waals surface area (Å²) in [5.74, 6) is 0.707. The Hall–Kier alpha value is -0.0400. The quantitative estimate of drug-likeness (QED) is 0.0617. The van der Waals surface area contributed by atoms with Gasteiger partial charge >= 0.3 is 0 Å². The fourth-order valence-electron chi connectivity index (χ4n) is 10.5. The second-order valence-electron chi connectivity index (χ2n) is 18.6. The molecule has 0 aliphatic rings. The largest absolute Gasteiger partial charge is 0.330 e. The molecular weight excluding hydrogens is 639 g/mol. The zero-order valence-corrected chi connectivity index (χ0v) is 38.6. The standard InChI is InChI=1S/C52H107N/c1-7-13-19-25-31-37-43-51(44-38-32-26-20-14-8-2,45-39-33-27-21-15-9-3)50(49-53)52(46-40-34-28-22-16-10-4,47-41-35-29-23-17-11-5)48-42-36-30-24-18-12-6/h50H,7-49,53H2,1-6H3. The maximum atomic E-state index is 7.36. The van der Waals surface area contributed by atoms with Gasteiger partial charge in [0, 0.05) is 0 Å². The molecule has 0 fully saturated rings. The highest BCUT2D eigenvalue weighted by atomic mass is 14.6. The maximum Gasteiger partial charge on any atom is -0.00382 e. The van der Waals surface area contributed by atoms with Crippen LogP contribution in [0.4, 0.5) is 0 Å². The molecule has 0 aliphatic carbocycles. The van der Waals surface area contributed by atoms with Crippen LogP contribution in [0.1, 0.15) is 311 Å². The molecule has 0 radical (unpaired) electrons. The molecule has 0 spiro atoms. The molecule has 0 heterocycles. The summed E-state index contributed by atoms with van der Waals surface area (Å²) in [7, 11) is 0. The van der Waals surface area contributed by atoms with Crippen LogP contribution in [0.2, 0.25) is 0 Å². The smallest absolute Gasteiger partial charge is 0.00382 e. The van der Waals surface area contributed by atoms with Gasteiger partial charge in [-0.15, -0.1) is 0 Å². The Bertz CT molecular complexity index is 545. The fourth-order valence-corrected chi connectivity index (χ4v) is 10.5. The van der Waals surface area contributed by atoms with Gasteiger partial charge in [-0.1, -0.05) is 273 Å². The molecule has 0 unspecified atom stereocenters.